The standard InChI is InChI=1S/C36H34N6/c1-23-17-25(3)35(26(4)18-23)41-15-13-39(21-41)31-11-9-29-7-8-30-10-12-32(38-34(30)33(29)37-31)40-14-16-42(22-40)36-27(5)19-24(2)20-28(36)6/h7-22H,1-6H3/q+2. The van der Waals surface area contributed by atoms with Gasteiger partial charge in [0, 0.05) is 22.9 Å². The van der Waals surface area contributed by atoms with Gasteiger partial charge in [-0.2, -0.15) is 0 Å². The number of aryl methyl sites for hydroxylation is 6. The molecule has 6 nitrogen and oxygen atoms in total. The minimum atomic E-state index is 0.854. The van der Waals surface area contributed by atoms with E-state index in [4.69, 9.17) is 9.97 Å². The first-order chi connectivity index (χ1) is 20.2. The lowest BCUT2D eigenvalue weighted by atomic mass is 10.1. The van der Waals surface area contributed by atoms with E-state index in [1.54, 1.807) is 0 Å². The smallest absolute Gasteiger partial charge is 0.236 e. The molecule has 0 spiro atoms. The highest BCUT2D eigenvalue weighted by Crippen LogP contribution is 2.25. The molecule has 7 rings (SSSR count). The lowest BCUT2D eigenvalue weighted by molar-refractivity contribution is -0.598. The van der Waals surface area contributed by atoms with Crippen LogP contribution in [-0.4, -0.2) is 19.1 Å². The third kappa shape index (κ3) is 4.36. The van der Waals surface area contributed by atoms with Crippen molar-refractivity contribution < 1.29 is 9.13 Å². The molecule has 7 aromatic rings. The van der Waals surface area contributed by atoms with Gasteiger partial charge in [0.25, 0.3) is 11.6 Å². The molecule has 4 aromatic heterocycles. The number of rotatable bonds is 4. The van der Waals surface area contributed by atoms with E-state index in [0.29, 0.717) is 0 Å². The summed E-state index contributed by atoms with van der Waals surface area (Å²) >= 11 is 0. The Morgan fingerprint density at radius 1 is 0.500 bits per heavy atom. The van der Waals surface area contributed by atoms with Crippen LogP contribution in [0.25, 0.3) is 44.8 Å². The van der Waals surface area contributed by atoms with Crippen LogP contribution in [0.15, 0.2) is 98.1 Å². The number of aromatic nitrogens is 6. The Morgan fingerprint density at radius 3 is 1.24 bits per heavy atom. The second-order valence-electron chi connectivity index (χ2n) is 11.5. The fraction of sp³-hybridized carbons (Fsp3) is 0.167. The summed E-state index contributed by atoms with van der Waals surface area (Å²) in [4.78, 5) is 10.3. The lowest BCUT2D eigenvalue weighted by Gasteiger charge is -2.08. The van der Waals surface area contributed by atoms with Gasteiger partial charge in [0.05, 0.1) is 12.4 Å². The van der Waals surface area contributed by atoms with Crippen molar-refractivity contribution in [1.29, 1.82) is 0 Å². The molecule has 0 atom stereocenters. The molecule has 0 saturated heterocycles. The summed E-state index contributed by atoms with van der Waals surface area (Å²) in [6.07, 6.45) is 12.5. The fourth-order valence-electron chi connectivity index (χ4n) is 6.44. The number of hydrogen-bond donors (Lipinski definition) is 0. The molecule has 4 heterocycles. The molecule has 0 aliphatic rings. The Balaban J connectivity index is 1.30. The fourth-order valence-corrected chi connectivity index (χ4v) is 6.44. The van der Waals surface area contributed by atoms with Gasteiger partial charge in [-0.25, -0.2) is 18.3 Å². The normalized spacial score (nSPS) is 11.6. The van der Waals surface area contributed by atoms with Gasteiger partial charge in [0.1, 0.15) is 23.8 Å². The molecule has 0 radical (unpaired) electrons. The summed E-state index contributed by atoms with van der Waals surface area (Å²) < 4.78 is 8.49. The highest BCUT2D eigenvalue weighted by molar-refractivity contribution is 6.03. The van der Waals surface area contributed by atoms with E-state index in [1.807, 2.05) is 0 Å². The molecule has 6 heteroatoms. The second kappa shape index (κ2) is 9.77. The van der Waals surface area contributed by atoms with Crippen LogP contribution in [0.2, 0.25) is 0 Å². The average Bonchev–Trinajstić information content (AvgIpc) is 3.62. The van der Waals surface area contributed by atoms with E-state index >= 15 is 0 Å². The minimum absolute atomic E-state index is 0.854. The summed E-state index contributed by atoms with van der Waals surface area (Å²) in [7, 11) is 0. The van der Waals surface area contributed by atoms with Gasteiger partial charge >= 0.3 is 0 Å². The van der Waals surface area contributed by atoms with Crippen molar-refractivity contribution >= 4 is 21.8 Å². The van der Waals surface area contributed by atoms with E-state index < -0.39 is 0 Å². The maximum absolute atomic E-state index is 5.13. The van der Waals surface area contributed by atoms with Crippen LogP contribution >= 0.6 is 0 Å². The molecule has 0 unspecified atom stereocenters. The highest BCUT2D eigenvalue weighted by atomic mass is 15.2. The maximum atomic E-state index is 5.13. The predicted octanol–water partition coefficient (Wildman–Crippen LogP) is 6.77. The van der Waals surface area contributed by atoms with Crippen LogP contribution in [0.3, 0.4) is 0 Å². The van der Waals surface area contributed by atoms with Gasteiger partial charge in [0.15, 0.2) is 23.7 Å². The molecule has 0 N–H and O–H groups in total. The summed E-state index contributed by atoms with van der Waals surface area (Å²) in [5.74, 6) is 1.71. The molecule has 42 heavy (non-hydrogen) atoms. The highest BCUT2D eigenvalue weighted by Gasteiger charge is 2.19. The second-order valence-corrected chi connectivity index (χ2v) is 11.5. The molecular formula is C36H34N6+2. The quantitative estimate of drug-likeness (QED) is 0.179. The third-order valence-electron chi connectivity index (χ3n) is 8.08. The molecule has 0 fully saturated rings. The lowest BCUT2D eigenvalue weighted by Crippen LogP contribution is -2.29. The zero-order valence-electron chi connectivity index (χ0n) is 24.9. The van der Waals surface area contributed by atoms with Crippen LogP contribution in [0, 0.1) is 41.5 Å². The van der Waals surface area contributed by atoms with Crippen molar-refractivity contribution in [3.63, 3.8) is 0 Å². The van der Waals surface area contributed by atoms with E-state index in [9.17, 15) is 0 Å². The zero-order chi connectivity index (χ0) is 29.1. The Bertz CT molecular complexity index is 1960. The van der Waals surface area contributed by atoms with Crippen LogP contribution in [0.4, 0.5) is 0 Å². The van der Waals surface area contributed by atoms with Crippen LogP contribution in [0.5, 0.6) is 0 Å². The Labute approximate surface area is 245 Å². The molecule has 0 saturated carbocycles. The number of imidazole rings is 2. The van der Waals surface area contributed by atoms with Crippen LogP contribution in [-0.2, 0) is 0 Å². The van der Waals surface area contributed by atoms with E-state index in [0.717, 1.165) is 33.4 Å². The molecule has 0 amide bonds. The first-order valence-electron chi connectivity index (χ1n) is 14.3. The molecular weight excluding hydrogens is 516 g/mol. The van der Waals surface area contributed by atoms with E-state index in [2.05, 4.69) is 158 Å². The molecule has 206 valence electrons. The van der Waals surface area contributed by atoms with Crippen molar-refractivity contribution in [1.82, 2.24) is 19.1 Å². The number of hydrogen-bond acceptors (Lipinski definition) is 2. The van der Waals surface area contributed by atoms with Crippen LogP contribution < -0.4 is 9.13 Å². The number of benzene rings is 3. The third-order valence-corrected chi connectivity index (χ3v) is 8.08. The zero-order valence-corrected chi connectivity index (χ0v) is 24.9. The van der Waals surface area contributed by atoms with Gasteiger partial charge in [-0.1, -0.05) is 57.5 Å². The SMILES string of the molecule is Cc1cc(C)c(-n2cc[n+](-c3ccc4ccc5ccc(-[n+]6ccn(-c7c(C)cc(C)cc7C)c6)nc5c4n3)c2)c(C)c1. The summed E-state index contributed by atoms with van der Waals surface area (Å²) in [5, 5.41) is 2.13. The van der Waals surface area contributed by atoms with E-state index in [-0.39, 0.29) is 0 Å². The van der Waals surface area contributed by atoms with Gasteiger partial charge in [-0.3, -0.25) is 0 Å². The maximum Gasteiger partial charge on any atom is 0.267 e. The van der Waals surface area contributed by atoms with Gasteiger partial charge < -0.3 is 0 Å². The van der Waals surface area contributed by atoms with E-state index in [1.165, 1.54) is 44.8 Å². The molecule has 3 aromatic carbocycles. The first-order valence-corrected chi connectivity index (χ1v) is 14.3. The minimum Gasteiger partial charge on any atom is -0.236 e. The topological polar surface area (TPSA) is 43.4 Å². The largest absolute Gasteiger partial charge is 0.267 e. The first kappa shape index (κ1) is 25.8. The Morgan fingerprint density at radius 2 is 0.857 bits per heavy atom. The molecule has 0 aliphatic carbocycles. The Hall–Kier alpha value is -5.10. The monoisotopic (exact) mass is 550 g/mol. The number of fused-ring (bicyclic) bond motifs is 3. The van der Waals surface area contributed by atoms with Crippen molar-refractivity contribution in [2.75, 3.05) is 0 Å². The summed E-state index contributed by atoms with van der Waals surface area (Å²) in [6, 6.07) is 21.6. The molecule has 0 bridgehead atoms. The van der Waals surface area contributed by atoms with Crippen molar-refractivity contribution in [3.05, 3.63) is 131 Å². The Kier molecular flexibility index (Phi) is 6.01. The average molecular weight is 551 g/mol. The number of pyridine rings is 2. The predicted molar refractivity (Wildman–Crippen MR) is 167 cm³/mol. The number of nitrogens with zero attached hydrogens (tertiary/aromatic N) is 6. The summed E-state index contributed by atoms with van der Waals surface area (Å²) in [5.41, 5.74) is 11.8. The van der Waals surface area contributed by atoms with Crippen molar-refractivity contribution in [2.24, 2.45) is 0 Å². The van der Waals surface area contributed by atoms with Crippen molar-refractivity contribution in [2.45, 2.75) is 41.5 Å². The summed E-state index contributed by atoms with van der Waals surface area (Å²) in [6.45, 7) is 12.9. The van der Waals surface area contributed by atoms with Gasteiger partial charge in [-0.15, -0.1) is 0 Å². The van der Waals surface area contributed by atoms with Crippen molar-refractivity contribution in [3.8, 4) is 23.0 Å². The van der Waals surface area contributed by atoms with Gasteiger partial charge in [-0.05, 0) is 75.9 Å². The van der Waals surface area contributed by atoms with Gasteiger partial charge in [0.2, 0.25) is 0 Å². The van der Waals surface area contributed by atoms with Crippen LogP contribution in [0.1, 0.15) is 33.4 Å². The molecule has 0 aliphatic heterocycles.